The van der Waals surface area contributed by atoms with Gasteiger partial charge >= 0.3 is 5.97 Å². The van der Waals surface area contributed by atoms with Crippen LogP contribution in [-0.4, -0.2) is 13.1 Å². The number of halogens is 1. The highest BCUT2D eigenvalue weighted by Crippen LogP contribution is 2.45. The minimum atomic E-state index is -0.382. The van der Waals surface area contributed by atoms with Crippen LogP contribution in [0.1, 0.15) is 23.1 Å². The first-order valence-electron chi connectivity index (χ1n) is 6.89. The fourth-order valence-corrected chi connectivity index (χ4v) is 2.79. The SMILES string of the molecule is C=C1C(=O)OC(c2ccc(OC)cc2)C1c1ccc(Cl)cc1. The third-order valence-electron chi connectivity index (χ3n) is 3.85. The van der Waals surface area contributed by atoms with Gasteiger partial charge in [0, 0.05) is 10.6 Å². The quantitative estimate of drug-likeness (QED) is 0.626. The third kappa shape index (κ3) is 2.60. The summed E-state index contributed by atoms with van der Waals surface area (Å²) in [7, 11) is 1.61. The normalized spacial score (nSPS) is 20.8. The summed E-state index contributed by atoms with van der Waals surface area (Å²) in [5.41, 5.74) is 2.33. The van der Waals surface area contributed by atoms with E-state index < -0.39 is 0 Å². The van der Waals surface area contributed by atoms with Crippen LogP contribution in [0.4, 0.5) is 0 Å². The highest BCUT2D eigenvalue weighted by molar-refractivity contribution is 6.30. The number of cyclic esters (lactones) is 1. The van der Waals surface area contributed by atoms with Crippen LogP contribution in [0.3, 0.4) is 0 Å². The molecule has 0 saturated carbocycles. The predicted molar refractivity (Wildman–Crippen MR) is 85.2 cm³/mol. The lowest BCUT2D eigenvalue weighted by molar-refractivity contribution is -0.139. The zero-order valence-electron chi connectivity index (χ0n) is 12.1. The molecule has 2 aromatic carbocycles. The van der Waals surface area contributed by atoms with Gasteiger partial charge in [0.1, 0.15) is 11.9 Å². The molecule has 0 aliphatic carbocycles. The van der Waals surface area contributed by atoms with E-state index in [0.29, 0.717) is 10.6 Å². The molecule has 3 rings (SSSR count). The number of benzene rings is 2. The fourth-order valence-electron chi connectivity index (χ4n) is 2.67. The number of rotatable bonds is 3. The summed E-state index contributed by atoms with van der Waals surface area (Å²) in [6.07, 6.45) is -0.382. The maximum atomic E-state index is 12.0. The molecule has 3 nitrogen and oxygen atoms in total. The van der Waals surface area contributed by atoms with E-state index in [0.717, 1.165) is 16.9 Å². The molecule has 0 bridgehead atoms. The van der Waals surface area contributed by atoms with Crippen LogP contribution in [0.2, 0.25) is 5.02 Å². The molecule has 1 aliphatic rings. The number of carbonyl (C=O) groups excluding carboxylic acids is 1. The van der Waals surface area contributed by atoms with Crippen molar-refractivity contribution in [1.29, 1.82) is 0 Å². The van der Waals surface area contributed by atoms with Crippen LogP contribution in [0.5, 0.6) is 5.75 Å². The van der Waals surface area contributed by atoms with Crippen LogP contribution < -0.4 is 4.74 Å². The zero-order valence-corrected chi connectivity index (χ0v) is 12.8. The summed E-state index contributed by atoms with van der Waals surface area (Å²) >= 11 is 5.94. The smallest absolute Gasteiger partial charge is 0.334 e. The monoisotopic (exact) mass is 314 g/mol. The van der Waals surface area contributed by atoms with E-state index in [1.165, 1.54) is 0 Å². The molecule has 1 saturated heterocycles. The largest absolute Gasteiger partial charge is 0.497 e. The standard InChI is InChI=1S/C18H15ClO3/c1-11-16(12-3-7-14(19)8-4-12)17(22-18(11)20)13-5-9-15(21-2)10-6-13/h3-10,16-17H,1H2,2H3. The van der Waals surface area contributed by atoms with E-state index in [9.17, 15) is 4.79 Å². The minimum Gasteiger partial charge on any atom is -0.497 e. The molecule has 0 spiro atoms. The van der Waals surface area contributed by atoms with E-state index >= 15 is 0 Å². The Balaban J connectivity index is 1.98. The Morgan fingerprint density at radius 1 is 1.05 bits per heavy atom. The van der Waals surface area contributed by atoms with Gasteiger partial charge in [0.05, 0.1) is 13.0 Å². The van der Waals surface area contributed by atoms with E-state index in [4.69, 9.17) is 21.1 Å². The lowest BCUT2D eigenvalue weighted by Crippen LogP contribution is -2.07. The van der Waals surface area contributed by atoms with Gasteiger partial charge in [-0.1, -0.05) is 42.4 Å². The van der Waals surface area contributed by atoms with Crippen molar-refractivity contribution < 1.29 is 14.3 Å². The molecule has 0 aromatic heterocycles. The highest BCUT2D eigenvalue weighted by Gasteiger charge is 2.40. The number of methoxy groups -OCH3 is 1. The summed E-state index contributed by atoms with van der Waals surface area (Å²) in [5.74, 6) is 0.189. The molecule has 4 heteroatoms. The van der Waals surface area contributed by atoms with Crippen molar-refractivity contribution in [3.8, 4) is 5.75 Å². The number of ether oxygens (including phenoxy) is 2. The summed E-state index contributed by atoms with van der Waals surface area (Å²) in [5, 5.41) is 0.653. The van der Waals surface area contributed by atoms with Crippen molar-refractivity contribution in [1.82, 2.24) is 0 Å². The van der Waals surface area contributed by atoms with Gasteiger partial charge in [-0.25, -0.2) is 4.79 Å². The maximum absolute atomic E-state index is 12.0. The second kappa shape index (κ2) is 5.85. The van der Waals surface area contributed by atoms with Gasteiger partial charge in [0.2, 0.25) is 0 Å². The molecule has 1 heterocycles. The Morgan fingerprint density at radius 2 is 1.64 bits per heavy atom. The summed E-state index contributed by atoms with van der Waals surface area (Å²) in [6.45, 7) is 3.89. The number of hydrogen-bond acceptors (Lipinski definition) is 3. The second-order valence-electron chi connectivity index (χ2n) is 5.15. The van der Waals surface area contributed by atoms with E-state index in [-0.39, 0.29) is 18.0 Å². The van der Waals surface area contributed by atoms with E-state index in [1.807, 2.05) is 36.4 Å². The Labute approximate surface area is 134 Å². The molecule has 1 fully saturated rings. The average molecular weight is 315 g/mol. The zero-order chi connectivity index (χ0) is 15.7. The second-order valence-corrected chi connectivity index (χ2v) is 5.59. The Kier molecular flexibility index (Phi) is 3.90. The highest BCUT2D eigenvalue weighted by atomic mass is 35.5. The Hall–Kier alpha value is -2.26. The maximum Gasteiger partial charge on any atom is 0.334 e. The lowest BCUT2D eigenvalue weighted by Gasteiger charge is -2.19. The minimum absolute atomic E-state index is 0.210. The first-order valence-corrected chi connectivity index (χ1v) is 7.27. The van der Waals surface area contributed by atoms with Crippen molar-refractivity contribution in [3.05, 3.63) is 76.8 Å². The fraction of sp³-hybridized carbons (Fsp3) is 0.167. The first kappa shape index (κ1) is 14.7. The van der Waals surface area contributed by atoms with Gasteiger partial charge in [-0.15, -0.1) is 0 Å². The number of hydrogen-bond donors (Lipinski definition) is 0. The summed E-state index contributed by atoms with van der Waals surface area (Å²) in [4.78, 5) is 12.0. The van der Waals surface area contributed by atoms with Crippen molar-refractivity contribution in [2.24, 2.45) is 0 Å². The van der Waals surface area contributed by atoms with Crippen molar-refractivity contribution in [2.75, 3.05) is 7.11 Å². The van der Waals surface area contributed by atoms with Gasteiger partial charge in [-0.3, -0.25) is 0 Å². The van der Waals surface area contributed by atoms with Crippen LogP contribution in [0, 0.1) is 0 Å². The van der Waals surface area contributed by atoms with Gasteiger partial charge < -0.3 is 9.47 Å². The summed E-state index contributed by atoms with van der Waals surface area (Å²) < 4.78 is 10.7. The molecular formula is C18H15ClO3. The van der Waals surface area contributed by atoms with Crippen LogP contribution in [0.15, 0.2) is 60.7 Å². The van der Waals surface area contributed by atoms with Crippen LogP contribution in [-0.2, 0) is 9.53 Å². The topological polar surface area (TPSA) is 35.5 Å². The van der Waals surface area contributed by atoms with Gasteiger partial charge in [-0.2, -0.15) is 0 Å². The average Bonchev–Trinajstić information content (AvgIpc) is 2.84. The molecule has 112 valence electrons. The van der Waals surface area contributed by atoms with Crippen LogP contribution >= 0.6 is 11.6 Å². The molecule has 0 N–H and O–H groups in total. The number of esters is 1. The Morgan fingerprint density at radius 3 is 2.23 bits per heavy atom. The molecule has 0 amide bonds. The lowest BCUT2D eigenvalue weighted by atomic mass is 9.86. The molecule has 2 aromatic rings. The van der Waals surface area contributed by atoms with E-state index in [1.54, 1.807) is 19.2 Å². The van der Waals surface area contributed by atoms with Crippen molar-refractivity contribution in [3.63, 3.8) is 0 Å². The van der Waals surface area contributed by atoms with Crippen LogP contribution in [0.25, 0.3) is 0 Å². The molecule has 2 unspecified atom stereocenters. The Bertz CT molecular complexity index is 704. The molecule has 0 radical (unpaired) electrons. The molecular weight excluding hydrogens is 300 g/mol. The first-order chi connectivity index (χ1) is 10.6. The van der Waals surface area contributed by atoms with Gasteiger partial charge in [0.25, 0.3) is 0 Å². The molecule has 1 aliphatic heterocycles. The predicted octanol–water partition coefficient (Wildman–Crippen LogP) is 4.29. The summed E-state index contributed by atoms with van der Waals surface area (Å²) in [6, 6.07) is 14.9. The van der Waals surface area contributed by atoms with Gasteiger partial charge in [0.15, 0.2) is 0 Å². The van der Waals surface area contributed by atoms with Gasteiger partial charge in [-0.05, 0) is 35.4 Å². The van der Waals surface area contributed by atoms with Crippen molar-refractivity contribution >= 4 is 17.6 Å². The van der Waals surface area contributed by atoms with Crippen molar-refractivity contribution in [2.45, 2.75) is 12.0 Å². The third-order valence-corrected chi connectivity index (χ3v) is 4.10. The number of carbonyl (C=O) groups is 1. The molecule has 22 heavy (non-hydrogen) atoms. The molecule has 2 atom stereocenters. The van der Waals surface area contributed by atoms with E-state index in [2.05, 4.69) is 6.58 Å².